The van der Waals surface area contributed by atoms with Gasteiger partial charge >= 0.3 is 0 Å². The van der Waals surface area contributed by atoms with E-state index in [1.54, 1.807) is 0 Å². The Labute approximate surface area is 116 Å². The monoisotopic (exact) mass is 315 g/mol. The minimum atomic E-state index is 0.0974. The molecule has 94 valence electrons. The maximum Gasteiger partial charge on any atom is 0.0682 e. The quantitative estimate of drug-likeness (QED) is 0.906. The molecule has 17 heavy (non-hydrogen) atoms. The molecule has 0 bridgehead atoms. The Hall–Kier alpha value is -0.190. The lowest BCUT2D eigenvalue weighted by atomic mass is 10.1. The van der Waals surface area contributed by atoms with Crippen LogP contribution in [-0.4, -0.2) is 28.7 Å². The molecule has 1 aromatic rings. The zero-order valence-electron chi connectivity index (χ0n) is 10.2. The highest BCUT2D eigenvalue weighted by Gasteiger charge is 2.27. The SMILES string of the molecule is CC1(C)CN(c2ccc(CO)cc2Br)CCS1. The summed E-state index contributed by atoms with van der Waals surface area (Å²) >= 11 is 5.64. The van der Waals surface area contributed by atoms with E-state index in [-0.39, 0.29) is 6.61 Å². The second-order valence-electron chi connectivity index (χ2n) is 4.97. The Balaban J connectivity index is 2.22. The first-order valence-corrected chi connectivity index (χ1v) is 7.58. The maximum atomic E-state index is 9.11. The molecule has 0 unspecified atom stereocenters. The molecular formula is C13H18BrNOS. The highest BCUT2D eigenvalue weighted by molar-refractivity contribution is 9.10. The van der Waals surface area contributed by atoms with E-state index in [0.29, 0.717) is 4.75 Å². The number of nitrogens with zero attached hydrogens (tertiary/aromatic N) is 1. The maximum absolute atomic E-state index is 9.11. The average molecular weight is 316 g/mol. The molecule has 2 rings (SSSR count). The van der Waals surface area contributed by atoms with Crippen LogP contribution in [0.2, 0.25) is 0 Å². The van der Waals surface area contributed by atoms with Crippen molar-refractivity contribution in [3.63, 3.8) is 0 Å². The fraction of sp³-hybridized carbons (Fsp3) is 0.538. The number of aliphatic hydroxyl groups excluding tert-OH is 1. The molecule has 1 heterocycles. The molecule has 4 heteroatoms. The van der Waals surface area contributed by atoms with Gasteiger partial charge in [-0.2, -0.15) is 11.8 Å². The minimum absolute atomic E-state index is 0.0974. The fourth-order valence-corrected chi connectivity index (χ4v) is 3.92. The van der Waals surface area contributed by atoms with Gasteiger partial charge in [0, 0.05) is 28.1 Å². The van der Waals surface area contributed by atoms with Crippen molar-refractivity contribution in [2.75, 3.05) is 23.7 Å². The van der Waals surface area contributed by atoms with E-state index in [2.05, 4.69) is 40.7 Å². The zero-order chi connectivity index (χ0) is 12.5. The van der Waals surface area contributed by atoms with Crippen LogP contribution >= 0.6 is 27.7 Å². The van der Waals surface area contributed by atoms with E-state index in [1.165, 1.54) is 11.4 Å². The Morgan fingerprint density at radius 2 is 2.24 bits per heavy atom. The Morgan fingerprint density at radius 3 is 2.82 bits per heavy atom. The van der Waals surface area contributed by atoms with Crippen LogP contribution in [0.1, 0.15) is 19.4 Å². The van der Waals surface area contributed by atoms with Crippen molar-refractivity contribution in [2.24, 2.45) is 0 Å². The first kappa shape index (κ1) is 13.2. The van der Waals surface area contributed by atoms with E-state index in [4.69, 9.17) is 5.11 Å². The smallest absolute Gasteiger partial charge is 0.0682 e. The lowest BCUT2D eigenvalue weighted by molar-refractivity contribution is 0.282. The summed E-state index contributed by atoms with van der Waals surface area (Å²) in [6.45, 7) is 6.83. The number of rotatable bonds is 2. The number of thioether (sulfide) groups is 1. The third kappa shape index (κ3) is 3.18. The van der Waals surface area contributed by atoms with Gasteiger partial charge in [-0.15, -0.1) is 0 Å². The molecule has 0 aliphatic carbocycles. The van der Waals surface area contributed by atoms with E-state index in [9.17, 15) is 0 Å². The lowest BCUT2D eigenvalue weighted by Gasteiger charge is -2.39. The van der Waals surface area contributed by atoms with Gasteiger partial charge in [0.1, 0.15) is 0 Å². The van der Waals surface area contributed by atoms with Gasteiger partial charge < -0.3 is 10.0 Å². The van der Waals surface area contributed by atoms with Crippen LogP contribution in [-0.2, 0) is 6.61 Å². The molecule has 1 aliphatic rings. The van der Waals surface area contributed by atoms with Gasteiger partial charge in [0.05, 0.1) is 12.3 Å². The van der Waals surface area contributed by atoms with Crippen molar-refractivity contribution in [3.8, 4) is 0 Å². The topological polar surface area (TPSA) is 23.5 Å². The van der Waals surface area contributed by atoms with Crippen LogP contribution in [0.5, 0.6) is 0 Å². The normalized spacial score (nSPS) is 19.4. The van der Waals surface area contributed by atoms with Crippen molar-refractivity contribution < 1.29 is 5.11 Å². The van der Waals surface area contributed by atoms with Gasteiger partial charge in [0.2, 0.25) is 0 Å². The van der Waals surface area contributed by atoms with Crippen molar-refractivity contribution in [1.82, 2.24) is 0 Å². The van der Waals surface area contributed by atoms with Crippen LogP contribution in [0.4, 0.5) is 5.69 Å². The number of hydrogen-bond donors (Lipinski definition) is 1. The van der Waals surface area contributed by atoms with Gasteiger partial charge in [-0.05, 0) is 47.5 Å². The van der Waals surface area contributed by atoms with Crippen LogP contribution in [0, 0.1) is 0 Å². The van der Waals surface area contributed by atoms with E-state index in [1.807, 2.05) is 23.9 Å². The predicted octanol–water partition coefficient (Wildman–Crippen LogP) is 3.27. The van der Waals surface area contributed by atoms with Gasteiger partial charge in [0.15, 0.2) is 0 Å². The Kier molecular flexibility index (Phi) is 4.06. The van der Waals surface area contributed by atoms with Crippen molar-refractivity contribution in [1.29, 1.82) is 0 Å². The summed E-state index contributed by atoms with van der Waals surface area (Å²) in [5, 5.41) is 9.11. The van der Waals surface area contributed by atoms with Crippen molar-refractivity contribution in [2.45, 2.75) is 25.2 Å². The molecule has 1 fully saturated rings. The predicted molar refractivity (Wildman–Crippen MR) is 78.8 cm³/mol. The molecule has 0 aromatic heterocycles. The van der Waals surface area contributed by atoms with E-state index in [0.717, 1.165) is 23.1 Å². The summed E-state index contributed by atoms with van der Waals surface area (Å²) in [7, 11) is 0. The summed E-state index contributed by atoms with van der Waals surface area (Å²) in [4.78, 5) is 2.42. The first-order chi connectivity index (χ1) is 8.02. The summed E-state index contributed by atoms with van der Waals surface area (Å²) in [5.41, 5.74) is 2.18. The summed E-state index contributed by atoms with van der Waals surface area (Å²) in [5.74, 6) is 1.17. The molecule has 1 aromatic carbocycles. The Morgan fingerprint density at radius 1 is 1.47 bits per heavy atom. The van der Waals surface area contributed by atoms with Gasteiger partial charge in [-0.25, -0.2) is 0 Å². The molecule has 0 atom stereocenters. The minimum Gasteiger partial charge on any atom is -0.392 e. The second kappa shape index (κ2) is 5.21. The third-order valence-electron chi connectivity index (χ3n) is 2.96. The Bertz CT molecular complexity index is 408. The second-order valence-corrected chi connectivity index (χ2v) is 7.63. The zero-order valence-corrected chi connectivity index (χ0v) is 12.6. The lowest BCUT2D eigenvalue weighted by Crippen LogP contribution is -2.43. The molecule has 1 aliphatic heterocycles. The molecule has 0 amide bonds. The van der Waals surface area contributed by atoms with Gasteiger partial charge in [-0.1, -0.05) is 6.07 Å². The number of halogens is 1. The van der Waals surface area contributed by atoms with Gasteiger partial charge in [0.25, 0.3) is 0 Å². The standard InChI is InChI=1S/C13H18BrNOS/c1-13(2)9-15(5-6-17-13)12-4-3-10(8-16)7-11(12)14/h3-4,7,16H,5-6,8-9H2,1-2H3. The summed E-state index contributed by atoms with van der Waals surface area (Å²) in [6, 6.07) is 6.10. The largest absolute Gasteiger partial charge is 0.392 e. The number of benzene rings is 1. The highest BCUT2D eigenvalue weighted by Crippen LogP contribution is 2.35. The average Bonchev–Trinajstić information content (AvgIpc) is 2.27. The molecule has 0 radical (unpaired) electrons. The molecule has 0 spiro atoms. The number of anilines is 1. The number of aliphatic hydroxyl groups is 1. The van der Waals surface area contributed by atoms with Crippen LogP contribution in [0.3, 0.4) is 0 Å². The molecule has 1 N–H and O–H groups in total. The first-order valence-electron chi connectivity index (χ1n) is 5.80. The summed E-state index contributed by atoms with van der Waals surface area (Å²) < 4.78 is 1.39. The van der Waals surface area contributed by atoms with Crippen LogP contribution in [0.15, 0.2) is 22.7 Å². The third-order valence-corrected chi connectivity index (χ3v) is 4.89. The molecular weight excluding hydrogens is 298 g/mol. The molecule has 2 nitrogen and oxygen atoms in total. The van der Waals surface area contributed by atoms with E-state index < -0.39 is 0 Å². The van der Waals surface area contributed by atoms with Crippen molar-refractivity contribution >= 4 is 33.4 Å². The highest BCUT2D eigenvalue weighted by atomic mass is 79.9. The molecule has 0 saturated carbocycles. The van der Waals surface area contributed by atoms with Crippen LogP contribution < -0.4 is 4.90 Å². The van der Waals surface area contributed by atoms with E-state index >= 15 is 0 Å². The molecule has 1 saturated heterocycles. The fourth-order valence-electron chi connectivity index (χ4n) is 2.13. The van der Waals surface area contributed by atoms with Crippen molar-refractivity contribution in [3.05, 3.63) is 28.2 Å². The summed E-state index contributed by atoms with van der Waals surface area (Å²) in [6.07, 6.45) is 0. The van der Waals surface area contributed by atoms with Gasteiger partial charge in [-0.3, -0.25) is 0 Å². The number of hydrogen-bond acceptors (Lipinski definition) is 3. The van der Waals surface area contributed by atoms with Crippen LogP contribution in [0.25, 0.3) is 0 Å².